The minimum absolute atomic E-state index is 0. The highest BCUT2D eigenvalue weighted by Crippen LogP contribution is 2.12. The first kappa shape index (κ1) is 18.6. The Bertz CT molecular complexity index is 635. The fourth-order valence-corrected chi connectivity index (χ4v) is 3.11. The molecule has 1 aliphatic heterocycles. The van der Waals surface area contributed by atoms with Crippen molar-refractivity contribution in [3.63, 3.8) is 0 Å². The highest BCUT2D eigenvalue weighted by atomic mass is 35.5. The van der Waals surface area contributed by atoms with E-state index >= 15 is 0 Å². The maximum Gasteiger partial charge on any atom is 0.289 e. The summed E-state index contributed by atoms with van der Waals surface area (Å²) < 4.78 is 5.20. The minimum Gasteiger partial charge on any atom is -0.459 e. The lowest BCUT2D eigenvalue weighted by Crippen LogP contribution is -2.48. The van der Waals surface area contributed by atoms with Crippen LogP contribution in [-0.2, 0) is 6.42 Å². The van der Waals surface area contributed by atoms with Gasteiger partial charge in [0.15, 0.2) is 5.76 Å². The molecule has 1 amide bonds. The highest BCUT2D eigenvalue weighted by molar-refractivity contribution is 5.91. The molecule has 0 unspecified atom stereocenters. The Morgan fingerprint density at radius 2 is 1.83 bits per heavy atom. The molecule has 0 spiro atoms. The van der Waals surface area contributed by atoms with Crippen molar-refractivity contribution in [1.29, 1.82) is 0 Å². The van der Waals surface area contributed by atoms with E-state index in [9.17, 15) is 4.79 Å². The topological polar surface area (TPSA) is 36.7 Å². The van der Waals surface area contributed by atoms with E-state index in [2.05, 4.69) is 36.1 Å². The number of hydrogen-bond acceptors (Lipinski definition) is 3. The molecule has 24 heavy (non-hydrogen) atoms. The van der Waals surface area contributed by atoms with Gasteiger partial charge in [-0.2, -0.15) is 0 Å². The molecule has 2 heterocycles. The quantitative estimate of drug-likeness (QED) is 0.831. The summed E-state index contributed by atoms with van der Waals surface area (Å²) in [7, 11) is 0. The molecule has 1 aromatic heterocycles. The van der Waals surface area contributed by atoms with Crippen molar-refractivity contribution in [2.24, 2.45) is 0 Å². The third kappa shape index (κ3) is 4.62. The molecule has 0 atom stereocenters. The van der Waals surface area contributed by atoms with Gasteiger partial charge in [-0.05, 0) is 49.6 Å². The first-order valence-electron chi connectivity index (χ1n) is 8.33. The van der Waals surface area contributed by atoms with E-state index in [1.54, 1.807) is 18.4 Å². The third-order valence-electron chi connectivity index (χ3n) is 4.57. The van der Waals surface area contributed by atoms with Gasteiger partial charge >= 0.3 is 0 Å². The van der Waals surface area contributed by atoms with Crippen molar-refractivity contribution in [2.45, 2.75) is 19.8 Å². The van der Waals surface area contributed by atoms with E-state index in [1.165, 1.54) is 11.1 Å². The van der Waals surface area contributed by atoms with Crippen molar-refractivity contribution in [3.05, 3.63) is 59.5 Å². The van der Waals surface area contributed by atoms with Crippen LogP contribution in [0.2, 0.25) is 0 Å². The Hall–Kier alpha value is -1.78. The lowest BCUT2D eigenvalue weighted by Gasteiger charge is -2.34. The fraction of sp³-hybridized carbons (Fsp3) is 0.421. The van der Waals surface area contributed by atoms with Gasteiger partial charge in [-0.1, -0.05) is 24.3 Å². The van der Waals surface area contributed by atoms with Crippen LogP contribution in [0.5, 0.6) is 0 Å². The number of halogens is 1. The third-order valence-corrected chi connectivity index (χ3v) is 4.57. The monoisotopic (exact) mass is 348 g/mol. The Kier molecular flexibility index (Phi) is 6.88. The van der Waals surface area contributed by atoms with Gasteiger partial charge in [0.1, 0.15) is 0 Å². The van der Waals surface area contributed by atoms with E-state index in [0.29, 0.717) is 5.76 Å². The molecular weight excluding hydrogens is 324 g/mol. The fourth-order valence-electron chi connectivity index (χ4n) is 3.11. The van der Waals surface area contributed by atoms with Crippen LogP contribution in [0.1, 0.15) is 28.1 Å². The summed E-state index contributed by atoms with van der Waals surface area (Å²) in [5.74, 6) is 0.451. The number of aryl methyl sites for hydroxylation is 2. The van der Waals surface area contributed by atoms with Crippen LogP contribution in [0, 0.1) is 6.92 Å². The SMILES string of the molecule is Cc1ccccc1CCCN1CCN(C(=O)c2ccco2)CC1.Cl. The largest absolute Gasteiger partial charge is 0.459 e. The van der Waals surface area contributed by atoms with Crippen molar-refractivity contribution in [1.82, 2.24) is 9.80 Å². The Labute approximate surface area is 149 Å². The van der Waals surface area contributed by atoms with Gasteiger partial charge in [-0.15, -0.1) is 12.4 Å². The number of furan rings is 1. The molecule has 2 aromatic rings. The molecule has 1 fully saturated rings. The molecule has 0 aliphatic carbocycles. The van der Waals surface area contributed by atoms with Crippen LogP contribution in [-0.4, -0.2) is 48.4 Å². The van der Waals surface area contributed by atoms with Gasteiger partial charge in [0.05, 0.1) is 6.26 Å². The van der Waals surface area contributed by atoms with E-state index in [1.807, 2.05) is 4.90 Å². The molecule has 0 radical (unpaired) electrons. The normalized spacial score (nSPS) is 15.1. The van der Waals surface area contributed by atoms with E-state index in [4.69, 9.17) is 4.42 Å². The average molecular weight is 349 g/mol. The van der Waals surface area contributed by atoms with Crippen molar-refractivity contribution >= 4 is 18.3 Å². The predicted octanol–water partition coefficient (Wildman–Crippen LogP) is 3.40. The second kappa shape index (κ2) is 8.90. The lowest BCUT2D eigenvalue weighted by atomic mass is 10.0. The van der Waals surface area contributed by atoms with Crippen LogP contribution >= 0.6 is 12.4 Å². The number of benzene rings is 1. The summed E-state index contributed by atoms with van der Waals surface area (Å²) >= 11 is 0. The van der Waals surface area contributed by atoms with Crippen molar-refractivity contribution < 1.29 is 9.21 Å². The van der Waals surface area contributed by atoms with Crippen molar-refractivity contribution in [2.75, 3.05) is 32.7 Å². The number of carbonyl (C=O) groups excluding carboxylic acids is 1. The van der Waals surface area contributed by atoms with E-state index in [0.717, 1.165) is 45.6 Å². The number of rotatable bonds is 5. The second-order valence-corrected chi connectivity index (χ2v) is 6.14. The zero-order chi connectivity index (χ0) is 16.1. The number of piperazine rings is 1. The minimum atomic E-state index is 0. The Morgan fingerprint density at radius 3 is 2.50 bits per heavy atom. The standard InChI is InChI=1S/C19H24N2O2.ClH/c1-16-6-2-3-7-17(16)8-4-10-20-11-13-21(14-12-20)19(22)18-9-5-15-23-18;/h2-3,5-7,9,15H,4,8,10-14H2,1H3;1H. The number of amides is 1. The van der Waals surface area contributed by atoms with E-state index < -0.39 is 0 Å². The van der Waals surface area contributed by atoms with Crippen LogP contribution in [0.15, 0.2) is 47.1 Å². The number of carbonyl (C=O) groups is 1. The average Bonchev–Trinajstić information content (AvgIpc) is 3.11. The maximum atomic E-state index is 12.2. The molecule has 1 saturated heterocycles. The molecule has 3 rings (SSSR count). The molecule has 130 valence electrons. The molecule has 0 N–H and O–H groups in total. The van der Waals surface area contributed by atoms with E-state index in [-0.39, 0.29) is 18.3 Å². The molecular formula is C19H25ClN2O2. The number of hydrogen-bond donors (Lipinski definition) is 0. The van der Waals surface area contributed by atoms with Gasteiger partial charge in [0.25, 0.3) is 5.91 Å². The summed E-state index contributed by atoms with van der Waals surface area (Å²) in [5.41, 5.74) is 2.82. The first-order chi connectivity index (χ1) is 11.2. The van der Waals surface area contributed by atoms with Crippen molar-refractivity contribution in [3.8, 4) is 0 Å². The van der Waals surface area contributed by atoms with Gasteiger partial charge in [-0.3, -0.25) is 9.69 Å². The van der Waals surface area contributed by atoms with Gasteiger partial charge in [-0.25, -0.2) is 0 Å². The smallest absolute Gasteiger partial charge is 0.289 e. The summed E-state index contributed by atoms with van der Waals surface area (Å²) in [6, 6.07) is 12.1. The Balaban J connectivity index is 0.00000208. The van der Waals surface area contributed by atoms with Crippen LogP contribution in [0.3, 0.4) is 0 Å². The zero-order valence-electron chi connectivity index (χ0n) is 14.1. The Morgan fingerprint density at radius 1 is 1.08 bits per heavy atom. The highest BCUT2D eigenvalue weighted by Gasteiger charge is 2.23. The molecule has 1 aliphatic rings. The van der Waals surface area contributed by atoms with Gasteiger partial charge in [0, 0.05) is 26.2 Å². The number of nitrogens with zero attached hydrogens (tertiary/aromatic N) is 2. The van der Waals surface area contributed by atoms with Gasteiger partial charge < -0.3 is 9.32 Å². The van der Waals surface area contributed by atoms with Crippen LogP contribution in [0.25, 0.3) is 0 Å². The maximum absolute atomic E-state index is 12.2. The zero-order valence-corrected chi connectivity index (χ0v) is 14.9. The van der Waals surface area contributed by atoms with Gasteiger partial charge in [0.2, 0.25) is 0 Å². The summed E-state index contributed by atoms with van der Waals surface area (Å²) in [6.45, 7) is 6.72. The lowest BCUT2D eigenvalue weighted by molar-refractivity contribution is 0.0605. The summed E-state index contributed by atoms with van der Waals surface area (Å²) in [4.78, 5) is 16.6. The molecule has 5 heteroatoms. The first-order valence-corrected chi connectivity index (χ1v) is 8.33. The molecule has 4 nitrogen and oxygen atoms in total. The second-order valence-electron chi connectivity index (χ2n) is 6.14. The summed E-state index contributed by atoms with van der Waals surface area (Å²) in [5, 5.41) is 0. The molecule has 1 aromatic carbocycles. The molecule has 0 bridgehead atoms. The van der Waals surface area contributed by atoms with Crippen LogP contribution < -0.4 is 0 Å². The predicted molar refractivity (Wildman–Crippen MR) is 97.8 cm³/mol. The summed E-state index contributed by atoms with van der Waals surface area (Å²) in [6.07, 6.45) is 3.84. The molecule has 0 saturated carbocycles. The van der Waals surface area contributed by atoms with Crippen LogP contribution in [0.4, 0.5) is 0 Å².